The molecule has 0 saturated carbocycles. The summed E-state index contributed by atoms with van der Waals surface area (Å²) in [6.07, 6.45) is 3.21. The predicted molar refractivity (Wildman–Crippen MR) is 120 cm³/mol. The Balaban J connectivity index is 2.07. The van der Waals surface area contributed by atoms with Crippen LogP contribution in [0.4, 0.5) is 5.69 Å². The van der Waals surface area contributed by atoms with Crippen LogP contribution < -0.4 is 9.62 Å². The van der Waals surface area contributed by atoms with Crippen LogP contribution in [0.25, 0.3) is 0 Å². The Kier molecular flexibility index (Phi) is 7.85. The fourth-order valence-electron chi connectivity index (χ4n) is 3.30. The van der Waals surface area contributed by atoms with Crippen molar-refractivity contribution in [1.82, 2.24) is 5.32 Å². The first kappa shape index (κ1) is 22.9. The normalized spacial score (nSPS) is 12.4. The first-order valence-corrected chi connectivity index (χ1v) is 11.9. The van der Waals surface area contributed by atoms with E-state index in [-0.39, 0.29) is 5.91 Å². The third-order valence-corrected chi connectivity index (χ3v) is 6.32. The molecule has 1 atom stereocenters. The summed E-state index contributed by atoms with van der Waals surface area (Å²) < 4.78 is 26.3. The second kappa shape index (κ2) is 9.92. The van der Waals surface area contributed by atoms with Gasteiger partial charge in [0.15, 0.2) is 0 Å². The summed E-state index contributed by atoms with van der Waals surface area (Å²) in [5, 5.41) is 2.92. The number of anilines is 1. The molecule has 0 bridgehead atoms. The molecule has 0 saturated heterocycles. The Bertz CT molecular complexity index is 937. The van der Waals surface area contributed by atoms with Crippen LogP contribution >= 0.6 is 0 Å². The molecular weight excluding hydrogens is 384 g/mol. The number of sulfonamides is 1. The summed E-state index contributed by atoms with van der Waals surface area (Å²) in [7, 11) is -3.61. The molecule has 0 aliphatic carbocycles. The molecule has 0 aromatic heterocycles. The molecule has 0 heterocycles. The van der Waals surface area contributed by atoms with Crippen LogP contribution in [0.3, 0.4) is 0 Å². The number of nitrogens with one attached hydrogen (secondary N) is 1. The molecule has 6 heteroatoms. The number of hydrogen-bond donors (Lipinski definition) is 1. The highest BCUT2D eigenvalue weighted by Gasteiger charge is 2.31. The zero-order chi connectivity index (χ0) is 21.6. The van der Waals surface area contributed by atoms with E-state index in [1.54, 1.807) is 6.07 Å². The topological polar surface area (TPSA) is 66.5 Å². The molecule has 0 fully saturated rings. The van der Waals surface area contributed by atoms with Gasteiger partial charge in [0.1, 0.15) is 6.04 Å². The minimum absolute atomic E-state index is 0.264. The molecule has 2 aromatic rings. The summed E-state index contributed by atoms with van der Waals surface area (Å²) in [4.78, 5) is 12.8. The number of benzene rings is 2. The smallest absolute Gasteiger partial charge is 0.243 e. The van der Waals surface area contributed by atoms with Crippen molar-refractivity contribution in [3.05, 3.63) is 64.7 Å². The van der Waals surface area contributed by atoms with Gasteiger partial charge in [-0.2, -0.15) is 0 Å². The summed E-state index contributed by atoms with van der Waals surface area (Å²) in [5.74, 6) is -0.264. The number of amides is 1. The molecule has 2 rings (SSSR count). The van der Waals surface area contributed by atoms with E-state index in [9.17, 15) is 13.2 Å². The van der Waals surface area contributed by atoms with E-state index in [1.807, 2.05) is 32.9 Å². The predicted octanol–water partition coefficient (Wildman–Crippen LogP) is 3.91. The molecule has 0 aliphatic rings. The Morgan fingerprint density at radius 2 is 1.69 bits per heavy atom. The highest BCUT2D eigenvalue weighted by molar-refractivity contribution is 7.92. The molecule has 2 aromatic carbocycles. The third kappa shape index (κ3) is 6.32. The van der Waals surface area contributed by atoms with Crippen molar-refractivity contribution in [3.8, 4) is 0 Å². The fraction of sp³-hybridized carbons (Fsp3) is 0.435. The largest absolute Gasteiger partial charge is 0.354 e. The molecule has 0 spiro atoms. The van der Waals surface area contributed by atoms with Gasteiger partial charge in [-0.05, 0) is 68.9 Å². The lowest BCUT2D eigenvalue weighted by molar-refractivity contribution is -0.122. The number of rotatable bonds is 9. The summed E-state index contributed by atoms with van der Waals surface area (Å²) in [6.45, 7) is 8.30. The highest BCUT2D eigenvalue weighted by atomic mass is 32.2. The van der Waals surface area contributed by atoms with Crippen LogP contribution in [-0.2, 0) is 21.2 Å². The van der Waals surface area contributed by atoms with Crippen molar-refractivity contribution < 1.29 is 13.2 Å². The van der Waals surface area contributed by atoms with Crippen LogP contribution in [0.15, 0.2) is 42.5 Å². The van der Waals surface area contributed by atoms with Crippen molar-refractivity contribution in [3.63, 3.8) is 0 Å². The van der Waals surface area contributed by atoms with Crippen LogP contribution in [-0.4, -0.2) is 33.2 Å². The molecular formula is C23H32N2O3S. The van der Waals surface area contributed by atoms with Gasteiger partial charge < -0.3 is 5.32 Å². The Labute approximate surface area is 175 Å². The van der Waals surface area contributed by atoms with Gasteiger partial charge in [-0.1, -0.05) is 42.8 Å². The lowest BCUT2D eigenvalue weighted by Crippen LogP contribution is -2.49. The maximum absolute atomic E-state index is 12.8. The Hall–Kier alpha value is -2.34. The standard InChI is InChI=1S/C23H32N2O3S/c1-6-22(23(26)24-15-7-8-20-12-9-17(2)10-13-20)25(29(5,27)28)21-14-11-18(3)19(4)16-21/h9-14,16,22H,6-8,15H2,1-5H3,(H,24,26). The van der Waals surface area contributed by atoms with E-state index >= 15 is 0 Å². The van der Waals surface area contributed by atoms with E-state index in [0.717, 1.165) is 30.2 Å². The van der Waals surface area contributed by atoms with Crippen molar-refractivity contribution in [1.29, 1.82) is 0 Å². The lowest BCUT2D eigenvalue weighted by atomic mass is 10.1. The Morgan fingerprint density at radius 1 is 1.03 bits per heavy atom. The van der Waals surface area contributed by atoms with E-state index < -0.39 is 16.1 Å². The van der Waals surface area contributed by atoms with E-state index in [0.29, 0.717) is 18.7 Å². The Morgan fingerprint density at radius 3 is 2.24 bits per heavy atom. The second-order valence-electron chi connectivity index (χ2n) is 7.63. The number of carbonyl (C=O) groups is 1. The van der Waals surface area contributed by atoms with Crippen LogP contribution in [0.5, 0.6) is 0 Å². The second-order valence-corrected chi connectivity index (χ2v) is 9.49. The first-order chi connectivity index (χ1) is 13.6. The molecule has 158 valence electrons. The van der Waals surface area contributed by atoms with Crippen LogP contribution in [0.2, 0.25) is 0 Å². The number of aryl methyl sites for hydroxylation is 4. The molecule has 1 amide bonds. The minimum Gasteiger partial charge on any atom is -0.354 e. The van der Waals surface area contributed by atoms with E-state index in [4.69, 9.17) is 0 Å². The van der Waals surface area contributed by atoms with E-state index in [2.05, 4.69) is 36.5 Å². The van der Waals surface area contributed by atoms with Gasteiger partial charge in [-0.15, -0.1) is 0 Å². The van der Waals surface area contributed by atoms with E-state index in [1.165, 1.54) is 15.4 Å². The average molecular weight is 417 g/mol. The van der Waals surface area contributed by atoms with Gasteiger partial charge in [0.2, 0.25) is 15.9 Å². The maximum atomic E-state index is 12.8. The summed E-state index contributed by atoms with van der Waals surface area (Å²) in [5.41, 5.74) is 5.04. The van der Waals surface area contributed by atoms with Crippen molar-refractivity contribution in [2.24, 2.45) is 0 Å². The minimum atomic E-state index is -3.61. The molecule has 29 heavy (non-hydrogen) atoms. The molecule has 0 radical (unpaired) electrons. The lowest BCUT2D eigenvalue weighted by Gasteiger charge is -2.30. The fourth-order valence-corrected chi connectivity index (χ4v) is 4.50. The van der Waals surface area contributed by atoms with Crippen molar-refractivity contribution in [2.45, 2.75) is 53.0 Å². The number of hydrogen-bond acceptors (Lipinski definition) is 3. The number of carbonyl (C=O) groups excluding carboxylic acids is 1. The molecule has 1 N–H and O–H groups in total. The van der Waals surface area contributed by atoms with Gasteiger partial charge in [-0.25, -0.2) is 8.42 Å². The maximum Gasteiger partial charge on any atom is 0.243 e. The van der Waals surface area contributed by atoms with Gasteiger partial charge in [-0.3, -0.25) is 9.10 Å². The van der Waals surface area contributed by atoms with Gasteiger partial charge >= 0.3 is 0 Å². The SMILES string of the molecule is CCC(C(=O)NCCCc1ccc(C)cc1)N(c1ccc(C)c(C)c1)S(C)(=O)=O. The van der Waals surface area contributed by atoms with Crippen molar-refractivity contribution >= 4 is 21.6 Å². The highest BCUT2D eigenvalue weighted by Crippen LogP contribution is 2.25. The summed E-state index contributed by atoms with van der Waals surface area (Å²) in [6, 6.07) is 13.0. The monoisotopic (exact) mass is 416 g/mol. The number of nitrogens with zero attached hydrogens (tertiary/aromatic N) is 1. The van der Waals surface area contributed by atoms with Gasteiger partial charge in [0.25, 0.3) is 0 Å². The zero-order valence-electron chi connectivity index (χ0n) is 18.0. The zero-order valence-corrected chi connectivity index (χ0v) is 18.8. The summed E-state index contributed by atoms with van der Waals surface area (Å²) >= 11 is 0. The molecule has 5 nitrogen and oxygen atoms in total. The van der Waals surface area contributed by atoms with Crippen molar-refractivity contribution in [2.75, 3.05) is 17.1 Å². The van der Waals surface area contributed by atoms with Crippen LogP contribution in [0.1, 0.15) is 42.0 Å². The van der Waals surface area contributed by atoms with Gasteiger partial charge in [0, 0.05) is 6.54 Å². The quantitative estimate of drug-likeness (QED) is 0.631. The van der Waals surface area contributed by atoms with Crippen LogP contribution in [0, 0.1) is 20.8 Å². The molecule has 1 unspecified atom stereocenters. The van der Waals surface area contributed by atoms with Gasteiger partial charge in [0.05, 0.1) is 11.9 Å². The first-order valence-electron chi connectivity index (χ1n) is 10.0. The molecule has 0 aliphatic heterocycles. The average Bonchev–Trinajstić information content (AvgIpc) is 2.66. The third-order valence-electron chi connectivity index (χ3n) is 5.14.